The molecule has 0 saturated heterocycles. The van der Waals surface area contributed by atoms with Gasteiger partial charge in [-0.3, -0.25) is 0 Å². The molecule has 142 valence electrons. The smallest absolute Gasteiger partial charge is 0.123 e. The van der Waals surface area contributed by atoms with E-state index in [1.807, 2.05) is 37.3 Å². The van der Waals surface area contributed by atoms with Crippen molar-refractivity contribution in [2.45, 2.75) is 20.4 Å². The predicted octanol–water partition coefficient (Wildman–Crippen LogP) is 6.51. The molecule has 0 atom stereocenters. The third-order valence-electron chi connectivity index (χ3n) is 5.12. The average Bonchev–Trinajstić information content (AvgIpc) is 3.05. The zero-order valence-corrected chi connectivity index (χ0v) is 16.5. The molecule has 1 aromatic heterocycles. The normalized spacial score (nSPS) is 11.6. The van der Waals surface area contributed by atoms with Crippen molar-refractivity contribution in [2.75, 3.05) is 0 Å². The lowest BCUT2D eigenvalue weighted by Gasteiger charge is -2.06. The number of fused-ring (bicyclic) bond motifs is 1. The first-order chi connectivity index (χ1) is 14.0. The molecule has 0 spiro atoms. The van der Waals surface area contributed by atoms with E-state index >= 15 is 0 Å². The van der Waals surface area contributed by atoms with Gasteiger partial charge in [0.15, 0.2) is 0 Å². The third kappa shape index (κ3) is 3.97. The molecule has 4 rings (SSSR count). The van der Waals surface area contributed by atoms with Crippen LogP contribution in [0.3, 0.4) is 0 Å². The molecule has 4 aromatic rings. The van der Waals surface area contributed by atoms with Crippen LogP contribution in [0.4, 0.5) is 4.39 Å². The van der Waals surface area contributed by atoms with Crippen LogP contribution in [0, 0.1) is 31.0 Å². The van der Waals surface area contributed by atoms with Crippen LogP contribution in [0.1, 0.15) is 27.8 Å². The standard InChI is InChI=1S/C26H21FN2/c1-18-3-8-21(9-4-18)22(15-28)14-23-17-29(16-20-6-10-24(27)11-7-20)26-13-19(2)5-12-25(23)26/h3-14,17H,16H2,1-2H3/b22-14+. The number of benzene rings is 3. The van der Waals surface area contributed by atoms with Crippen molar-refractivity contribution in [2.24, 2.45) is 0 Å². The van der Waals surface area contributed by atoms with Crippen molar-refractivity contribution in [3.05, 3.63) is 107 Å². The number of nitriles is 1. The summed E-state index contributed by atoms with van der Waals surface area (Å²) in [6, 6.07) is 23.2. The van der Waals surface area contributed by atoms with Gasteiger partial charge in [-0.15, -0.1) is 0 Å². The molecule has 1 heterocycles. The van der Waals surface area contributed by atoms with Gasteiger partial charge in [-0.25, -0.2) is 4.39 Å². The minimum absolute atomic E-state index is 0.234. The monoisotopic (exact) mass is 380 g/mol. The van der Waals surface area contributed by atoms with Crippen LogP contribution in [0.15, 0.2) is 72.9 Å². The Morgan fingerprint density at radius 2 is 1.66 bits per heavy atom. The number of allylic oxidation sites excluding steroid dienone is 1. The zero-order valence-electron chi connectivity index (χ0n) is 16.5. The molecule has 0 aliphatic carbocycles. The van der Waals surface area contributed by atoms with Gasteiger partial charge in [-0.2, -0.15) is 5.26 Å². The summed E-state index contributed by atoms with van der Waals surface area (Å²) in [4.78, 5) is 0. The summed E-state index contributed by atoms with van der Waals surface area (Å²) in [5.41, 5.74) is 7.00. The summed E-state index contributed by atoms with van der Waals surface area (Å²) in [6.07, 6.45) is 4.02. The molecule has 3 aromatic carbocycles. The highest BCUT2D eigenvalue weighted by Crippen LogP contribution is 2.28. The van der Waals surface area contributed by atoms with Crippen LogP contribution < -0.4 is 0 Å². The Morgan fingerprint density at radius 3 is 2.34 bits per heavy atom. The van der Waals surface area contributed by atoms with Crippen molar-refractivity contribution >= 4 is 22.6 Å². The largest absolute Gasteiger partial charge is 0.342 e. The van der Waals surface area contributed by atoms with E-state index in [0.717, 1.165) is 33.2 Å². The Kier molecular flexibility index (Phi) is 5.01. The SMILES string of the molecule is Cc1ccc(/C(C#N)=C/c2cn(Cc3ccc(F)cc3)c3cc(C)ccc23)cc1. The fourth-order valence-corrected chi connectivity index (χ4v) is 3.53. The molecule has 0 radical (unpaired) electrons. The Morgan fingerprint density at radius 1 is 0.966 bits per heavy atom. The fraction of sp³-hybridized carbons (Fsp3) is 0.115. The second-order valence-electron chi connectivity index (χ2n) is 7.40. The van der Waals surface area contributed by atoms with Crippen LogP contribution >= 0.6 is 0 Å². The quantitative estimate of drug-likeness (QED) is 0.371. The lowest BCUT2D eigenvalue weighted by Crippen LogP contribution is -1.98. The van der Waals surface area contributed by atoms with Gasteiger partial charge in [0.05, 0.1) is 11.6 Å². The van der Waals surface area contributed by atoms with Crippen LogP contribution in [-0.2, 0) is 6.54 Å². The van der Waals surface area contributed by atoms with E-state index in [1.165, 1.54) is 17.7 Å². The molecule has 0 amide bonds. The molecule has 0 unspecified atom stereocenters. The summed E-state index contributed by atoms with van der Waals surface area (Å²) in [6.45, 7) is 4.74. The van der Waals surface area contributed by atoms with Gasteiger partial charge < -0.3 is 4.57 Å². The molecular weight excluding hydrogens is 359 g/mol. The zero-order chi connectivity index (χ0) is 20.4. The van der Waals surface area contributed by atoms with Crippen LogP contribution in [0.5, 0.6) is 0 Å². The van der Waals surface area contributed by atoms with Crippen molar-refractivity contribution in [1.29, 1.82) is 5.26 Å². The maximum atomic E-state index is 13.3. The maximum absolute atomic E-state index is 13.3. The topological polar surface area (TPSA) is 28.7 Å². The highest BCUT2D eigenvalue weighted by molar-refractivity contribution is 5.98. The minimum Gasteiger partial charge on any atom is -0.342 e. The van der Waals surface area contributed by atoms with Gasteiger partial charge in [-0.05, 0) is 54.8 Å². The number of hydrogen-bond donors (Lipinski definition) is 0. The average molecular weight is 380 g/mol. The van der Waals surface area contributed by atoms with E-state index < -0.39 is 0 Å². The summed E-state index contributed by atoms with van der Waals surface area (Å²) in [5.74, 6) is -0.234. The number of nitrogens with zero attached hydrogens (tertiary/aromatic N) is 2. The van der Waals surface area contributed by atoms with Crippen molar-refractivity contribution in [3.8, 4) is 6.07 Å². The Balaban J connectivity index is 1.81. The predicted molar refractivity (Wildman–Crippen MR) is 117 cm³/mol. The molecule has 0 fully saturated rings. The molecule has 3 heteroatoms. The Labute approximate surface area is 170 Å². The van der Waals surface area contributed by atoms with Gasteiger partial charge >= 0.3 is 0 Å². The first-order valence-electron chi connectivity index (χ1n) is 9.56. The number of hydrogen-bond acceptors (Lipinski definition) is 1. The molecule has 2 nitrogen and oxygen atoms in total. The maximum Gasteiger partial charge on any atom is 0.123 e. The Bertz CT molecular complexity index is 1240. The number of aryl methyl sites for hydroxylation is 2. The van der Waals surface area contributed by atoms with E-state index in [1.54, 1.807) is 12.1 Å². The molecule has 29 heavy (non-hydrogen) atoms. The lowest BCUT2D eigenvalue weighted by atomic mass is 10.0. The molecular formula is C26H21FN2. The van der Waals surface area contributed by atoms with E-state index in [-0.39, 0.29) is 5.82 Å². The molecule has 0 N–H and O–H groups in total. The third-order valence-corrected chi connectivity index (χ3v) is 5.12. The lowest BCUT2D eigenvalue weighted by molar-refractivity contribution is 0.626. The molecule has 0 saturated carbocycles. The molecule has 0 aliphatic heterocycles. The summed E-state index contributed by atoms with van der Waals surface area (Å²) < 4.78 is 15.4. The van der Waals surface area contributed by atoms with Crippen LogP contribution in [0.25, 0.3) is 22.6 Å². The summed E-state index contributed by atoms with van der Waals surface area (Å²) in [5, 5.41) is 10.8. The van der Waals surface area contributed by atoms with Crippen molar-refractivity contribution in [3.63, 3.8) is 0 Å². The van der Waals surface area contributed by atoms with Crippen LogP contribution in [-0.4, -0.2) is 4.57 Å². The second kappa shape index (κ2) is 7.77. The van der Waals surface area contributed by atoms with Gasteiger partial charge in [0, 0.05) is 29.2 Å². The van der Waals surface area contributed by atoms with E-state index in [9.17, 15) is 9.65 Å². The first-order valence-corrected chi connectivity index (χ1v) is 9.56. The minimum atomic E-state index is -0.234. The summed E-state index contributed by atoms with van der Waals surface area (Å²) >= 11 is 0. The van der Waals surface area contributed by atoms with E-state index in [4.69, 9.17) is 0 Å². The summed E-state index contributed by atoms with van der Waals surface area (Å²) in [7, 11) is 0. The Hall–Kier alpha value is -3.64. The second-order valence-corrected chi connectivity index (χ2v) is 7.40. The first kappa shape index (κ1) is 18.7. The number of halogens is 1. The number of aromatic nitrogens is 1. The fourth-order valence-electron chi connectivity index (χ4n) is 3.53. The van der Waals surface area contributed by atoms with E-state index in [2.05, 4.69) is 42.0 Å². The van der Waals surface area contributed by atoms with Gasteiger partial charge in [-0.1, -0.05) is 54.1 Å². The molecule has 0 bridgehead atoms. The van der Waals surface area contributed by atoms with E-state index in [0.29, 0.717) is 12.1 Å². The van der Waals surface area contributed by atoms with Gasteiger partial charge in [0.2, 0.25) is 0 Å². The number of rotatable bonds is 4. The molecule has 0 aliphatic rings. The van der Waals surface area contributed by atoms with Crippen molar-refractivity contribution in [1.82, 2.24) is 4.57 Å². The van der Waals surface area contributed by atoms with Gasteiger partial charge in [0.25, 0.3) is 0 Å². The highest BCUT2D eigenvalue weighted by atomic mass is 19.1. The van der Waals surface area contributed by atoms with Crippen molar-refractivity contribution < 1.29 is 4.39 Å². The van der Waals surface area contributed by atoms with Crippen LogP contribution in [0.2, 0.25) is 0 Å². The highest BCUT2D eigenvalue weighted by Gasteiger charge is 2.10. The van der Waals surface area contributed by atoms with Gasteiger partial charge in [0.1, 0.15) is 5.82 Å².